The zero-order valence-corrected chi connectivity index (χ0v) is 11.3. The predicted molar refractivity (Wildman–Crippen MR) is 76.0 cm³/mol. The van der Waals surface area contributed by atoms with Crippen LogP contribution < -0.4 is 10.6 Å². The van der Waals surface area contributed by atoms with E-state index in [2.05, 4.69) is 16.7 Å². The molecular formula is C15H22N2O. The second-order valence-corrected chi connectivity index (χ2v) is 5.19. The average molecular weight is 246 g/mol. The summed E-state index contributed by atoms with van der Waals surface area (Å²) >= 11 is 0. The molecule has 3 nitrogen and oxygen atoms in total. The van der Waals surface area contributed by atoms with E-state index in [9.17, 15) is 4.79 Å². The summed E-state index contributed by atoms with van der Waals surface area (Å²) in [5, 5.41) is 6.43. The number of hydrogen-bond acceptors (Lipinski definition) is 2. The molecule has 1 saturated carbocycles. The van der Waals surface area contributed by atoms with E-state index in [1.807, 2.05) is 19.1 Å². The lowest BCUT2D eigenvalue weighted by Crippen LogP contribution is -2.22. The standard InChI is InChI=1S/C15H22N2O/c1-11-10-14(8-9-15(11)16-12(2)18)17-13-6-4-3-5-7-13/h8-10,13,17H,3-7H2,1-2H3,(H,16,18). The number of amides is 1. The maximum atomic E-state index is 11.0. The fourth-order valence-electron chi connectivity index (χ4n) is 2.57. The zero-order chi connectivity index (χ0) is 13.0. The van der Waals surface area contributed by atoms with Crippen molar-refractivity contribution in [3.8, 4) is 0 Å². The van der Waals surface area contributed by atoms with Crippen LogP contribution in [0, 0.1) is 6.92 Å². The summed E-state index contributed by atoms with van der Waals surface area (Å²) in [5.41, 5.74) is 3.16. The molecule has 0 radical (unpaired) electrons. The lowest BCUT2D eigenvalue weighted by molar-refractivity contribution is -0.114. The third kappa shape index (κ3) is 3.49. The minimum Gasteiger partial charge on any atom is -0.382 e. The highest BCUT2D eigenvalue weighted by Crippen LogP contribution is 2.24. The Kier molecular flexibility index (Phi) is 4.24. The van der Waals surface area contributed by atoms with Crippen LogP contribution in [-0.2, 0) is 4.79 Å². The molecule has 1 aliphatic rings. The lowest BCUT2D eigenvalue weighted by Gasteiger charge is -2.24. The van der Waals surface area contributed by atoms with Gasteiger partial charge in [-0.05, 0) is 43.5 Å². The quantitative estimate of drug-likeness (QED) is 0.853. The maximum Gasteiger partial charge on any atom is 0.221 e. The number of rotatable bonds is 3. The van der Waals surface area contributed by atoms with Crippen LogP contribution in [0.2, 0.25) is 0 Å². The van der Waals surface area contributed by atoms with Crippen LogP contribution in [0.4, 0.5) is 11.4 Å². The normalized spacial score (nSPS) is 16.3. The minimum atomic E-state index is -0.0221. The molecular weight excluding hydrogens is 224 g/mol. The highest BCUT2D eigenvalue weighted by atomic mass is 16.1. The first-order valence-electron chi connectivity index (χ1n) is 6.80. The zero-order valence-electron chi connectivity index (χ0n) is 11.3. The van der Waals surface area contributed by atoms with E-state index in [1.54, 1.807) is 0 Å². The third-order valence-electron chi connectivity index (χ3n) is 3.51. The van der Waals surface area contributed by atoms with E-state index in [-0.39, 0.29) is 5.91 Å². The fourth-order valence-corrected chi connectivity index (χ4v) is 2.57. The Balaban J connectivity index is 2.01. The van der Waals surface area contributed by atoms with Crippen molar-refractivity contribution in [2.75, 3.05) is 10.6 Å². The molecule has 0 unspecified atom stereocenters. The SMILES string of the molecule is CC(=O)Nc1ccc(NC2CCCCC2)cc1C. The van der Waals surface area contributed by atoms with Gasteiger partial charge in [0, 0.05) is 24.3 Å². The smallest absolute Gasteiger partial charge is 0.221 e. The maximum absolute atomic E-state index is 11.0. The van der Waals surface area contributed by atoms with Crippen LogP contribution in [0.1, 0.15) is 44.6 Å². The number of aryl methyl sites for hydroxylation is 1. The van der Waals surface area contributed by atoms with Gasteiger partial charge in [0.2, 0.25) is 5.91 Å². The van der Waals surface area contributed by atoms with Gasteiger partial charge in [0.25, 0.3) is 0 Å². The molecule has 0 aromatic heterocycles. The van der Waals surface area contributed by atoms with E-state index in [0.717, 1.165) is 16.9 Å². The van der Waals surface area contributed by atoms with E-state index in [4.69, 9.17) is 0 Å². The van der Waals surface area contributed by atoms with Gasteiger partial charge in [-0.2, -0.15) is 0 Å². The first kappa shape index (κ1) is 12.9. The van der Waals surface area contributed by atoms with Crippen LogP contribution in [0.15, 0.2) is 18.2 Å². The molecule has 98 valence electrons. The Bertz CT molecular complexity index is 423. The molecule has 1 fully saturated rings. The van der Waals surface area contributed by atoms with E-state index in [1.165, 1.54) is 39.0 Å². The molecule has 1 amide bonds. The van der Waals surface area contributed by atoms with Gasteiger partial charge >= 0.3 is 0 Å². The fraction of sp³-hybridized carbons (Fsp3) is 0.533. The molecule has 2 rings (SSSR count). The van der Waals surface area contributed by atoms with Gasteiger partial charge < -0.3 is 10.6 Å². The van der Waals surface area contributed by atoms with Gasteiger partial charge in [-0.15, -0.1) is 0 Å². The molecule has 1 aliphatic carbocycles. The molecule has 18 heavy (non-hydrogen) atoms. The Morgan fingerprint density at radius 2 is 1.94 bits per heavy atom. The molecule has 3 heteroatoms. The molecule has 0 spiro atoms. The first-order chi connectivity index (χ1) is 8.65. The topological polar surface area (TPSA) is 41.1 Å². The van der Waals surface area contributed by atoms with Crippen molar-refractivity contribution >= 4 is 17.3 Å². The van der Waals surface area contributed by atoms with Crippen molar-refractivity contribution in [1.29, 1.82) is 0 Å². The molecule has 1 aromatic carbocycles. The van der Waals surface area contributed by atoms with Crippen molar-refractivity contribution < 1.29 is 4.79 Å². The van der Waals surface area contributed by atoms with Crippen molar-refractivity contribution in [2.24, 2.45) is 0 Å². The van der Waals surface area contributed by atoms with Crippen molar-refractivity contribution in [3.63, 3.8) is 0 Å². The Morgan fingerprint density at radius 3 is 2.56 bits per heavy atom. The van der Waals surface area contributed by atoms with E-state index >= 15 is 0 Å². The van der Waals surface area contributed by atoms with E-state index < -0.39 is 0 Å². The van der Waals surface area contributed by atoms with Crippen LogP contribution >= 0.6 is 0 Å². The highest BCUT2D eigenvalue weighted by Gasteiger charge is 2.13. The van der Waals surface area contributed by atoms with E-state index in [0.29, 0.717) is 6.04 Å². The molecule has 0 heterocycles. The number of benzene rings is 1. The summed E-state index contributed by atoms with van der Waals surface area (Å²) in [7, 11) is 0. The Morgan fingerprint density at radius 1 is 1.22 bits per heavy atom. The van der Waals surface area contributed by atoms with Crippen LogP contribution in [-0.4, -0.2) is 11.9 Å². The number of hydrogen-bond donors (Lipinski definition) is 2. The minimum absolute atomic E-state index is 0.0221. The number of carbonyl (C=O) groups is 1. The Hall–Kier alpha value is -1.51. The summed E-state index contributed by atoms with van der Waals surface area (Å²) in [6.07, 6.45) is 6.58. The van der Waals surface area contributed by atoms with Crippen molar-refractivity contribution in [1.82, 2.24) is 0 Å². The third-order valence-corrected chi connectivity index (χ3v) is 3.51. The average Bonchev–Trinajstić information content (AvgIpc) is 2.33. The summed E-state index contributed by atoms with van der Waals surface area (Å²) in [6.45, 7) is 3.56. The van der Waals surface area contributed by atoms with Gasteiger partial charge in [0.1, 0.15) is 0 Å². The second-order valence-electron chi connectivity index (χ2n) is 5.19. The Labute approximate surface area is 109 Å². The predicted octanol–water partition coefficient (Wildman–Crippen LogP) is 3.70. The highest BCUT2D eigenvalue weighted by molar-refractivity contribution is 5.89. The van der Waals surface area contributed by atoms with Crippen LogP contribution in [0.25, 0.3) is 0 Å². The van der Waals surface area contributed by atoms with Gasteiger partial charge in [-0.1, -0.05) is 19.3 Å². The summed E-state index contributed by atoms with van der Waals surface area (Å²) < 4.78 is 0. The van der Waals surface area contributed by atoms with Gasteiger partial charge in [-0.3, -0.25) is 4.79 Å². The summed E-state index contributed by atoms with van der Waals surface area (Å²) in [5.74, 6) is -0.0221. The molecule has 0 bridgehead atoms. The van der Waals surface area contributed by atoms with Crippen LogP contribution in [0.5, 0.6) is 0 Å². The lowest BCUT2D eigenvalue weighted by atomic mass is 9.95. The molecule has 0 atom stereocenters. The number of nitrogens with one attached hydrogen (secondary N) is 2. The number of anilines is 2. The van der Waals surface area contributed by atoms with Gasteiger partial charge in [-0.25, -0.2) is 0 Å². The summed E-state index contributed by atoms with van der Waals surface area (Å²) in [6, 6.07) is 6.75. The first-order valence-corrected chi connectivity index (χ1v) is 6.80. The van der Waals surface area contributed by atoms with Gasteiger partial charge in [0.05, 0.1) is 0 Å². The van der Waals surface area contributed by atoms with Crippen molar-refractivity contribution in [3.05, 3.63) is 23.8 Å². The van der Waals surface area contributed by atoms with Crippen LogP contribution in [0.3, 0.4) is 0 Å². The summed E-state index contributed by atoms with van der Waals surface area (Å²) in [4.78, 5) is 11.0. The molecule has 0 saturated heterocycles. The number of carbonyl (C=O) groups excluding carboxylic acids is 1. The molecule has 0 aliphatic heterocycles. The largest absolute Gasteiger partial charge is 0.382 e. The molecule has 1 aromatic rings. The monoisotopic (exact) mass is 246 g/mol. The van der Waals surface area contributed by atoms with Gasteiger partial charge in [0.15, 0.2) is 0 Å². The second kappa shape index (κ2) is 5.89. The molecule has 2 N–H and O–H groups in total. The van der Waals surface area contributed by atoms with Crippen molar-refractivity contribution in [2.45, 2.75) is 52.0 Å².